The second kappa shape index (κ2) is 5.05. The van der Waals surface area contributed by atoms with Gasteiger partial charge in [-0.25, -0.2) is 0 Å². The monoisotopic (exact) mass is 189 g/mol. The number of amides is 1. The number of carbonyl (C=O) groups excluding carboxylic acids is 1. The molecule has 1 aromatic carbocycles. The van der Waals surface area contributed by atoms with Crippen LogP contribution in [-0.4, -0.2) is 24.2 Å². The minimum Gasteiger partial charge on any atom is -0.395 e. The van der Waals surface area contributed by atoms with Crippen molar-refractivity contribution in [2.45, 2.75) is 0 Å². The first kappa shape index (κ1) is 10.3. The van der Waals surface area contributed by atoms with E-state index in [1.165, 1.54) is 0 Å². The Morgan fingerprint density at radius 1 is 1.57 bits per heavy atom. The van der Waals surface area contributed by atoms with Crippen molar-refractivity contribution in [2.24, 2.45) is 0 Å². The molecule has 2 N–H and O–H groups in total. The Hall–Kier alpha value is -1.79. The molecule has 3 nitrogen and oxygen atoms in total. The largest absolute Gasteiger partial charge is 0.395 e. The molecule has 0 saturated heterocycles. The molecular weight excluding hydrogens is 178 g/mol. The molecule has 0 aliphatic rings. The summed E-state index contributed by atoms with van der Waals surface area (Å²) in [6.07, 6.45) is 5.20. The summed E-state index contributed by atoms with van der Waals surface area (Å²) in [5.41, 5.74) is 1.18. The molecule has 0 atom stereocenters. The Kier molecular flexibility index (Phi) is 3.71. The molecular formula is C11H11NO2. The van der Waals surface area contributed by atoms with E-state index in [4.69, 9.17) is 11.5 Å². The van der Waals surface area contributed by atoms with Crippen molar-refractivity contribution in [3.63, 3.8) is 0 Å². The maximum absolute atomic E-state index is 11.4. The minimum absolute atomic E-state index is 0.0689. The van der Waals surface area contributed by atoms with Crippen LogP contribution < -0.4 is 5.32 Å². The Bertz CT molecular complexity index is 366. The maximum Gasteiger partial charge on any atom is 0.251 e. The molecule has 0 radical (unpaired) electrons. The predicted molar refractivity (Wildman–Crippen MR) is 53.8 cm³/mol. The van der Waals surface area contributed by atoms with E-state index in [0.717, 1.165) is 0 Å². The number of aliphatic hydroxyl groups excluding tert-OH is 1. The molecule has 1 amide bonds. The van der Waals surface area contributed by atoms with E-state index in [-0.39, 0.29) is 19.1 Å². The molecule has 0 spiro atoms. The van der Waals surface area contributed by atoms with Crippen molar-refractivity contribution in [3.05, 3.63) is 35.4 Å². The molecule has 0 aliphatic heterocycles. The number of benzene rings is 1. The first-order chi connectivity index (χ1) is 6.77. The summed E-state index contributed by atoms with van der Waals surface area (Å²) in [6, 6.07) is 6.78. The van der Waals surface area contributed by atoms with E-state index in [0.29, 0.717) is 11.1 Å². The van der Waals surface area contributed by atoms with Gasteiger partial charge in [0.05, 0.1) is 6.61 Å². The van der Waals surface area contributed by atoms with Gasteiger partial charge in [0, 0.05) is 17.7 Å². The number of carbonyl (C=O) groups is 1. The highest BCUT2D eigenvalue weighted by Crippen LogP contribution is 2.03. The highest BCUT2D eigenvalue weighted by atomic mass is 16.3. The fourth-order valence-electron chi connectivity index (χ4n) is 1.02. The van der Waals surface area contributed by atoms with Gasteiger partial charge in [0.2, 0.25) is 0 Å². The highest BCUT2D eigenvalue weighted by Gasteiger charge is 2.03. The Labute approximate surface area is 82.8 Å². The van der Waals surface area contributed by atoms with Crippen LogP contribution in [0.1, 0.15) is 15.9 Å². The zero-order chi connectivity index (χ0) is 10.4. The van der Waals surface area contributed by atoms with Crippen LogP contribution in [0, 0.1) is 12.3 Å². The Morgan fingerprint density at radius 2 is 2.36 bits per heavy atom. The van der Waals surface area contributed by atoms with E-state index >= 15 is 0 Å². The summed E-state index contributed by atoms with van der Waals surface area (Å²) in [6.45, 7) is 0.180. The van der Waals surface area contributed by atoms with Crippen LogP contribution in [0.3, 0.4) is 0 Å². The molecule has 0 fully saturated rings. The topological polar surface area (TPSA) is 49.3 Å². The van der Waals surface area contributed by atoms with Gasteiger partial charge in [-0.3, -0.25) is 4.79 Å². The summed E-state index contributed by atoms with van der Waals surface area (Å²) in [4.78, 5) is 11.4. The van der Waals surface area contributed by atoms with Gasteiger partial charge in [-0.15, -0.1) is 6.42 Å². The Balaban J connectivity index is 2.75. The van der Waals surface area contributed by atoms with Gasteiger partial charge in [0.1, 0.15) is 0 Å². The van der Waals surface area contributed by atoms with Crippen molar-refractivity contribution < 1.29 is 9.90 Å². The van der Waals surface area contributed by atoms with E-state index in [9.17, 15) is 4.79 Å². The number of rotatable bonds is 3. The first-order valence-electron chi connectivity index (χ1n) is 4.23. The third-order valence-corrected chi connectivity index (χ3v) is 1.69. The van der Waals surface area contributed by atoms with Crippen molar-refractivity contribution in [1.29, 1.82) is 0 Å². The maximum atomic E-state index is 11.4. The number of aliphatic hydroxyl groups is 1. The van der Waals surface area contributed by atoms with Crippen LogP contribution in [0.25, 0.3) is 0 Å². The molecule has 1 aromatic rings. The third kappa shape index (κ3) is 2.61. The van der Waals surface area contributed by atoms with Crippen molar-refractivity contribution in [2.75, 3.05) is 13.2 Å². The summed E-state index contributed by atoms with van der Waals surface area (Å²) < 4.78 is 0. The molecule has 0 heterocycles. The minimum atomic E-state index is -0.226. The number of hydrogen-bond donors (Lipinski definition) is 2. The third-order valence-electron chi connectivity index (χ3n) is 1.69. The summed E-state index contributed by atoms with van der Waals surface area (Å²) in [7, 11) is 0. The normalized spacial score (nSPS) is 9.14. The van der Waals surface area contributed by atoms with Crippen molar-refractivity contribution in [1.82, 2.24) is 5.32 Å². The zero-order valence-corrected chi connectivity index (χ0v) is 7.66. The highest BCUT2D eigenvalue weighted by molar-refractivity contribution is 5.94. The predicted octanol–water partition coefficient (Wildman–Crippen LogP) is 0.390. The molecule has 14 heavy (non-hydrogen) atoms. The van der Waals surface area contributed by atoms with Gasteiger partial charge >= 0.3 is 0 Å². The van der Waals surface area contributed by atoms with E-state index in [1.807, 2.05) is 0 Å². The smallest absolute Gasteiger partial charge is 0.251 e. The fourth-order valence-corrected chi connectivity index (χ4v) is 1.02. The van der Waals surface area contributed by atoms with Crippen LogP contribution >= 0.6 is 0 Å². The SMILES string of the molecule is C#Cc1cccc(C(=O)NCCO)c1. The molecule has 3 heteroatoms. The molecule has 0 aliphatic carbocycles. The summed E-state index contributed by atoms with van der Waals surface area (Å²) in [5, 5.41) is 11.1. The molecule has 0 bridgehead atoms. The number of nitrogens with one attached hydrogen (secondary N) is 1. The molecule has 72 valence electrons. The lowest BCUT2D eigenvalue weighted by Gasteiger charge is -2.02. The number of terminal acetylenes is 1. The van der Waals surface area contributed by atoms with Gasteiger partial charge in [-0.05, 0) is 18.2 Å². The average Bonchev–Trinajstić information content (AvgIpc) is 2.26. The molecule has 0 unspecified atom stereocenters. The van der Waals surface area contributed by atoms with E-state index in [2.05, 4.69) is 11.2 Å². The first-order valence-corrected chi connectivity index (χ1v) is 4.23. The van der Waals surface area contributed by atoms with Gasteiger partial charge in [-0.2, -0.15) is 0 Å². The quantitative estimate of drug-likeness (QED) is 0.676. The lowest BCUT2D eigenvalue weighted by molar-refractivity contribution is 0.0945. The lowest BCUT2D eigenvalue weighted by atomic mass is 10.1. The summed E-state index contributed by atoms with van der Waals surface area (Å²) in [5.74, 6) is 2.22. The van der Waals surface area contributed by atoms with Crippen LogP contribution in [0.5, 0.6) is 0 Å². The molecule has 1 rings (SSSR count). The standard InChI is InChI=1S/C11H11NO2/c1-2-9-4-3-5-10(8-9)11(14)12-6-7-13/h1,3-5,8,13H,6-7H2,(H,12,14). The van der Waals surface area contributed by atoms with Crippen LogP contribution in [0.15, 0.2) is 24.3 Å². The summed E-state index contributed by atoms with van der Waals surface area (Å²) >= 11 is 0. The van der Waals surface area contributed by atoms with Crippen molar-refractivity contribution in [3.8, 4) is 12.3 Å². The van der Waals surface area contributed by atoms with Crippen LogP contribution in [-0.2, 0) is 0 Å². The van der Waals surface area contributed by atoms with Crippen LogP contribution in [0.2, 0.25) is 0 Å². The van der Waals surface area contributed by atoms with Gasteiger partial charge in [0.25, 0.3) is 5.91 Å². The zero-order valence-electron chi connectivity index (χ0n) is 7.66. The van der Waals surface area contributed by atoms with Crippen molar-refractivity contribution >= 4 is 5.91 Å². The second-order valence-electron chi connectivity index (χ2n) is 2.70. The fraction of sp³-hybridized carbons (Fsp3) is 0.182. The van der Waals surface area contributed by atoms with Gasteiger partial charge in [0.15, 0.2) is 0 Å². The average molecular weight is 189 g/mol. The molecule has 0 saturated carbocycles. The molecule has 0 aromatic heterocycles. The van der Waals surface area contributed by atoms with Gasteiger partial charge < -0.3 is 10.4 Å². The van der Waals surface area contributed by atoms with Crippen LogP contribution in [0.4, 0.5) is 0 Å². The van der Waals surface area contributed by atoms with E-state index < -0.39 is 0 Å². The number of hydrogen-bond acceptors (Lipinski definition) is 2. The van der Waals surface area contributed by atoms with E-state index in [1.54, 1.807) is 24.3 Å². The lowest BCUT2D eigenvalue weighted by Crippen LogP contribution is -2.26. The second-order valence-corrected chi connectivity index (χ2v) is 2.70. The Morgan fingerprint density at radius 3 is 3.00 bits per heavy atom. The van der Waals surface area contributed by atoms with Gasteiger partial charge in [-0.1, -0.05) is 12.0 Å².